The van der Waals surface area contributed by atoms with Crippen LogP contribution in [0.5, 0.6) is 5.75 Å². The fourth-order valence-electron chi connectivity index (χ4n) is 5.01. The summed E-state index contributed by atoms with van der Waals surface area (Å²) in [5.41, 5.74) is 5.00. The lowest BCUT2D eigenvalue weighted by Crippen LogP contribution is -2.29. The van der Waals surface area contributed by atoms with Gasteiger partial charge < -0.3 is 9.47 Å². The number of carbonyl (C=O) groups excluding carboxylic acids is 2. The lowest BCUT2D eigenvalue weighted by Gasteiger charge is -2.36. The molecule has 1 unspecified atom stereocenters. The van der Waals surface area contributed by atoms with Crippen LogP contribution < -0.4 is 4.74 Å². The maximum absolute atomic E-state index is 13.7. The number of para-hydroxylation sites is 1. The Morgan fingerprint density at radius 3 is 2.46 bits per heavy atom. The van der Waals surface area contributed by atoms with Crippen LogP contribution in [-0.4, -0.2) is 30.5 Å². The van der Waals surface area contributed by atoms with Crippen LogP contribution in [0.2, 0.25) is 4.34 Å². The Labute approximate surface area is 237 Å². The van der Waals surface area contributed by atoms with E-state index in [0.717, 1.165) is 45.5 Å². The predicted octanol–water partition coefficient (Wildman–Crippen LogP) is 8.15. The number of nitrogens with zero attached hydrogens (tertiary/aromatic N) is 1. The molecule has 0 amide bonds. The largest absolute Gasteiger partial charge is 0.497 e. The minimum Gasteiger partial charge on any atom is -0.497 e. The number of methoxy groups -OCH3 is 1. The van der Waals surface area contributed by atoms with Crippen LogP contribution in [-0.2, 0) is 11.2 Å². The number of halogens is 1. The van der Waals surface area contributed by atoms with E-state index in [1.54, 1.807) is 19.2 Å². The number of benzene rings is 2. The molecule has 0 aliphatic heterocycles. The first-order chi connectivity index (χ1) is 18.6. The van der Waals surface area contributed by atoms with Crippen molar-refractivity contribution in [1.82, 2.24) is 4.98 Å². The second-order valence-electron chi connectivity index (χ2n) is 10.8. The molecular formula is C32H30ClNO4S. The maximum Gasteiger partial charge on any atom is 0.339 e. The zero-order chi connectivity index (χ0) is 27.7. The van der Waals surface area contributed by atoms with Crippen molar-refractivity contribution in [1.29, 1.82) is 0 Å². The molecular weight excluding hydrogens is 530 g/mol. The van der Waals surface area contributed by atoms with E-state index in [2.05, 4.69) is 26.8 Å². The number of esters is 1. The smallest absolute Gasteiger partial charge is 0.339 e. The number of ketones is 1. The Hall–Kier alpha value is -3.48. The van der Waals surface area contributed by atoms with Gasteiger partial charge in [-0.3, -0.25) is 4.79 Å². The van der Waals surface area contributed by atoms with Gasteiger partial charge in [0.15, 0.2) is 6.61 Å². The number of rotatable bonds is 6. The van der Waals surface area contributed by atoms with Crippen molar-refractivity contribution in [2.75, 3.05) is 13.7 Å². The molecule has 39 heavy (non-hydrogen) atoms. The van der Waals surface area contributed by atoms with Gasteiger partial charge >= 0.3 is 5.97 Å². The quantitative estimate of drug-likeness (QED) is 0.176. The van der Waals surface area contributed by atoms with E-state index in [4.69, 9.17) is 26.1 Å². The number of aromatic nitrogens is 1. The molecule has 0 spiro atoms. The van der Waals surface area contributed by atoms with Crippen LogP contribution in [0.15, 0.2) is 60.7 Å². The highest BCUT2D eigenvalue weighted by atomic mass is 35.5. The lowest BCUT2D eigenvalue weighted by atomic mass is 9.69. The molecule has 1 aliphatic carbocycles. The molecule has 0 fully saturated rings. The minimum atomic E-state index is -0.515. The normalized spacial score (nSPS) is 16.2. The molecule has 0 radical (unpaired) electrons. The van der Waals surface area contributed by atoms with E-state index >= 15 is 0 Å². The van der Waals surface area contributed by atoms with Crippen molar-refractivity contribution >= 4 is 57.2 Å². The molecule has 1 atom stereocenters. The van der Waals surface area contributed by atoms with Crippen molar-refractivity contribution in [3.63, 3.8) is 0 Å². The van der Waals surface area contributed by atoms with Crippen molar-refractivity contribution < 1.29 is 19.1 Å². The van der Waals surface area contributed by atoms with Gasteiger partial charge in [-0.1, -0.05) is 62.7 Å². The second-order valence-corrected chi connectivity index (χ2v) is 12.6. The summed E-state index contributed by atoms with van der Waals surface area (Å²) in [5, 5.41) is 0.728. The fraction of sp³-hybridized carbons (Fsp3) is 0.281. The lowest BCUT2D eigenvalue weighted by molar-refractivity contribution is 0.0475. The Kier molecular flexibility index (Phi) is 7.61. The van der Waals surface area contributed by atoms with E-state index in [9.17, 15) is 9.59 Å². The fourth-order valence-corrected chi connectivity index (χ4v) is 5.98. The molecule has 2 aromatic carbocycles. The average molecular weight is 560 g/mol. The zero-order valence-electron chi connectivity index (χ0n) is 22.4. The number of Topliss-reactive ketones (excluding diaryl/α,β-unsaturated/α-hetero) is 1. The van der Waals surface area contributed by atoms with Gasteiger partial charge in [0, 0.05) is 5.39 Å². The Morgan fingerprint density at radius 1 is 1.05 bits per heavy atom. The monoisotopic (exact) mass is 559 g/mol. The summed E-state index contributed by atoms with van der Waals surface area (Å²) >= 11 is 7.16. The highest BCUT2D eigenvalue weighted by Gasteiger charge is 2.35. The average Bonchev–Trinajstić information content (AvgIpc) is 3.36. The molecule has 2 heterocycles. The third kappa shape index (κ3) is 5.77. The number of hydrogen-bond donors (Lipinski definition) is 0. The predicted molar refractivity (Wildman–Crippen MR) is 158 cm³/mol. The highest BCUT2D eigenvalue weighted by molar-refractivity contribution is 7.18. The number of allylic oxidation sites excluding steroid dienone is 1. The summed E-state index contributed by atoms with van der Waals surface area (Å²) in [6, 6.07) is 18.8. The summed E-state index contributed by atoms with van der Waals surface area (Å²) in [4.78, 5) is 31.9. The van der Waals surface area contributed by atoms with Crippen LogP contribution in [0.25, 0.3) is 22.6 Å². The Balaban J connectivity index is 1.60. The molecule has 5 rings (SSSR count). The van der Waals surface area contributed by atoms with Gasteiger partial charge in [0.2, 0.25) is 5.78 Å². The second kappa shape index (κ2) is 10.9. The van der Waals surface area contributed by atoms with Crippen molar-refractivity contribution in [2.45, 2.75) is 33.6 Å². The van der Waals surface area contributed by atoms with Crippen molar-refractivity contribution in [3.8, 4) is 5.75 Å². The zero-order valence-corrected chi connectivity index (χ0v) is 24.0. The van der Waals surface area contributed by atoms with Gasteiger partial charge in [-0.15, -0.1) is 11.3 Å². The number of fused-ring (bicyclic) bond motifs is 2. The van der Waals surface area contributed by atoms with Crippen molar-refractivity contribution in [2.24, 2.45) is 11.3 Å². The molecule has 0 N–H and O–H groups in total. The molecule has 0 saturated carbocycles. The van der Waals surface area contributed by atoms with Crippen LogP contribution in [0.4, 0.5) is 0 Å². The topological polar surface area (TPSA) is 65.5 Å². The van der Waals surface area contributed by atoms with Crippen LogP contribution in [0.1, 0.15) is 64.0 Å². The molecule has 1 aliphatic rings. The highest BCUT2D eigenvalue weighted by Crippen LogP contribution is 2.45. The summed E-state index contributed by atoms with van der Waals surface area (Å²) in [6.07, 6.45) is 3.67. The molecule has 2 aromatic heterocycles. The third-order valence-corrected chi connectivity index (χ3v) is 8.55. The number of carbonyl (C=O) groups is 2. The summed E-state index contributed by atoms with van der Waals surface area (Å²) < 4.78 is 11.5. The van der Waals surface area contributed by atoms with Gasteiger partial charge in [0.25, 0.3) is 0 Å². The first-order valence-electron chi connectivity index (χ1n) is 12.9. The van der Waals surface area contributed by atoms with Crippen LogP contribution >= 0.6 is 22.9 Å². The first kappa shape index (κ1) is 27.1. The van der Waals surface area contributed by atoms with Gasteiger partial charge in [-0.25, -0.2) is 9.78 Å². The van der Waals surface area contributed by atoms with E-state index in [1.165, 1.54) is 11.3 Å². The van der Waals surface area contributed by atoms with Crippen LogP contribution in [0, 0.1) is 11.3 Å². The van der Waals surface area contributed by atoms with Gasteiger partial charge in [-0.05, 0) is 77.3 Å². The SMILES string of the molecule is COc1ccc(C=C2CC(C(C)(C)C)Cc3c2nc2ccccc2c3C(=O)OCC(=O)c2ccc(Cl)s2)cc1. The molecule has 0 bridgehead atoms. The molecule has 5 nitrogen and oxygen atoms in total. The summed E-state index contributed by atoms with van der Waals surface area (Å²) in [7, 11) is 1.65. The Bertz CT molecular complexity index is 1580. The first-order valence-corrected chi connectivity index (χ1v) is 14.1. The van der Waals surface area contributed by atoms with Gasteiger partial charge in [-0.2, -0.15) is 0 Å². The Morgan fingerprint density at radius 2 is 1.79 bits per heavy atom. The maximum atomic E-state index is 13.7. The minimum absolute atomic E-state index is 0.00207. The third-order valence-electron chi connectivity index (χ3n) is 7.28. The van der Waals surface area contributed by atoms with Crippen molar-refractivity contribution in [3.05, 3.63) is 92.3 Å². The standard InChI is InChI=1S/C32H30ClNO4S/c1-32(2,3)21-16-20(15-19-9-11-22(37-4)12-10-19)30-24(17-21)29(23-7-5-6-8-25(23)34-30)31(36)38-18-26(35)27-13-14-28(33)39-27/h5-15,21H,16-18H2,1-4H3. The summed E-state index contributed by atoms with van der Waals surface area (Å²) in [6.45, 7) is 6.33. The van der Waals surface area contributed by atoms with E-state index in [0.29, 0.717) is 21.2 Å². The molecule has 7 heteroatoms. The number of thiophene rings is 1. The van der Waals surface area contributed by atoms with E-state index < -0.39 is 5.97 Å². The van der Waals surface area contributed by atoms with E-state index in [-0.39, 0.29) is 23.7 Å². The molecule has 200 valence electrons. The summed E-state index contributed by atoms with van der Waals surface area (Å²) in [5.74, 6) is 0.278. The number of ether oxygens (including phenoxy) is 2. The number of pyridine rings is 1. The van der Waals surface area contributed by atoms with Crippen LogP contribution in [0.3, 0.4) is 0 Å². The van der Waals surface area contributed by atoms with Gasteiger partial charge in [0.05, 0.1) is 33.1 Å². The van der Waals surface area contributed by atoms with E-state index in [1.807, 2.05) is 48.5 Å². The van der Waals surface area contributed by atoms with Gasteiger partial charge in [0.1, 0.15) is 5.75 Å². The molecule has 4 aromatic rings. The number of hydrogen-bond acceptors (Lipinski definition) is 6. The molecule has 0 saturated heterocycles.